The zero-order chi connectivity index (χ0) is 19.8. The molecule has 6 heteroatoms. The van der Waals surface area contributed by atoms with Crippen molar-refractivity contribution < 1.29 is 18.6 Å². The van der Waals surface area contributed by atoms with Gasteiger partial charge in [-0.05, 0) is 29.8 Å². The minimum absolute atomic E-state index is 0.150. The highest BCUT2D eigenvalue weighted by Crippen LogP contribution is 2.42. The molecule has 4 aromatic rings. The minimum Gasteiger partial charge on any atom is -0.489 e. The van der Waals surface area contributed by atoms with Gasteiger partial charge in [-0.1, -0.05) is 41.9 Å². The van der Waals surface area contributed by atoms with Crippen molar-refractivity contribution in [2.75, 3.05) is 6.79 Å². The summed E-state index contributed by atoms with van der Waals surface area (Å²) in [4.78, 5) is 12.2. The zero-order valence-electron chi connectivity index (χ0n) is 15.2. The fraction of sp³-hybridized carbons (Fsp3) is 0.0870. The molecular weight excluding hydrogens is 392 g/mol. The minimum atomic E-state index is -0.456. The number of benzene rings is 3. The molecule has 0 unspecified atom stereocenters. The fourth-order valence-corrected chi connectivity index (χ4v) is 3.58. The smallest absolute Gasteiger partial charge is 0.336 e. The van der Waals surface area contributed by atoms with Crippen LogP contribution in [0.1, 0.15) is 5.56 Å². The van der Waals surface area contributed by atoms with Crippen molar-refractivity contribution in [2.45, 2.75) is 6.61 Å². The lowest BCUT2D eigenvalue weighted by Crippen LogP contribution is -2.00. The standard InChI is InChI=1S/C23H15ClO5/c24-19-11-22-21(27-13-28-22)9-18(19)17-10-23(25)29-20-8-14(6-7-16(17)20)12-26-15-4-2-1-3-5-15/h1-11H,12-13H2. The van der Waals surface area contributed by atoms with Crippen molar-refractivity contribution >= 4 is 22.6 Å². The number of rotatable bonds is 4. The normalized spacial score (nSPS) is 12.3. The number of fused-ring (bicyclic) bond motifs is 2. The second kappa shape index (κ2) is 7.18. The lowest BCUT2D eigenvalue weighted by Gasteiger charge is -2.11. The summed E-state index contributed by atoms with van der Waals surface area (Å²) < 4.78 is 22.0. The van der Waals surface area contributed by atoms with Crippen LogP contribution in [0.4, 0.5) is 0 Å². The molecule has 144 valence electrons. The molecule has 3 aromatic carbocycles. The highest BCUT2D eigenvalue weighted by atomic mass is 35.5. The van der Waals surface area contributed by atoms with E-state index in [1.54, 1.807) is 12.1 Å². The van der Waals surface area contributed by atoms with Gasteiger partial charge in [-0.25, -0.2) is 4.79 Å². The summed E-state index contributed by atoms with van der Waals surface area (Å²) in [6, 6.07) is 20.1. The van der Waals surface area contributed by atoms with E-state index in [-0.39, 0.29) is 6.79 Å². The molecule has 5 nitrogen and oxygen atoms in total. The van der Waals surface area contributed by atoms with E-state index in [2.05, 4.69) is 0 Å². The molecule has 0 bridgehead atoms. The van der Waals surface area contributed by atoms with E-state index < -0.39 is 5.63 Å². The molecule has 0 aliphatic carbocycles. The molecule has 5 rings (SSSR count). The third-order valence-corrected chi connectivity index (χ3v) is 5.02. The maximum atomic E-state index is 12.2. The van der Waals surface area contributed by atoms with E-state index in [9.17, 15) is 4.79 Å². The van der Waals surface area contributed by atoms with Gasteiger partial charge in [0, 0.05) is 28.6 Å². The third-order valence-electron chi connectivity index (χ3n) is 4.71. The van der Waals surface area contributed by atoms with Gasteiger partial charge < -0.3 is 18.6 Å². The topological polar surface area (TPSA) is 57.9 Å². The SMILES string of the molecule is O=c1cc(-c2cc3c(cc2Cl)OCO3)c2ccc(COc3ccccc3)cc2o1. The Labute approximate surface area is 171 Å². The van der Waals surface area contributed by atoms with Crippen LogP contribution in [0.2, 0.25) is 5.02 Å². The van der Waals surface area contributed by atoms with Crippen LogP contribution in [0.5, 0.6) is 17.2 Å². The number of para-hydroxylation sites is 1. The molecule has 1 aromatic heterocycles. The average molecular weight is 407 g/mol. The summed E-state index contributed by atoms with van der Waals surface area (Å²) in [5.41, 5.74) is 2.26. The van der Waals surface area contributed by atoms with Gasteiger partial charge in [-0.2, -0.15) is 0 Å². The largest absolute Gasteiger partial charge is 0.489 e. The Hall–Kier alpha value is -3.44. The van der Waals surface area contributed by atoms with E-state index in [1.165, 1.54) is 6.07 Å². The van der Waals surface area contributed by atoms with E-state index in [4.69, 9.17) is 30.2 Å². The van der Waals surface area contributed by atoms with Crippen LogP contribution in [-0.4, -0.2) is 6.79 Å². The monoisotopic (exact) mass is 406 g/mol. The molecule has 0 spiro atoms. The lowest BCUT2D eigenvalue weighted by atomic mass is 10.0. The number of ether oxygens (including phenoxy) is 3. The Balaban J connectivity index is 1.55. The van der Waals surface area contributed by atoms with Gasteiger partial charge in [0.25, 0.3) is 0 Å². The van der Waals surface area contributed by atoms with Crippen LogP contribution in [0.15, 0.2) is 75.9 Å². The quantitative estimate of drug-likeness (QED) is 0.423. The van der Waals surface area contributed by atoms with Crippen LogP contribution < -0.4 is 19.8 Å². The van der Waals surface area contributed by atoms with Crippen molar-refractivity contribution in [2.24, 2.45) is 0 Å². The fourth-order valence-electron chi connectivity index (χ4n) is 3.33. The van der Waals surface area contributed by atoms with Crippen molar-refractivity contribution in [3.05, 3.63) is 87.7 Å². The van der Waals surface area contributed by atoms with E-state index in [0.29, 0.717) is 39.8 Å². The van der Waals surface area contributed by atoms with Gasteiger partial charge >= 0.3 is 5.63 Å². The Morgan fingerprint density at radius 1 is 0.897 bits per heavy atom. The average Bonchev–Trinajstić information content (AvgIpc) is 3.18. The number of halogens is 1. The zero-order valence-corrected chi connectivity index (χ0v) is 15.9. The summed E-state index contributed by atoms with van der Waals surface area (Å²) >= 11 is 6.46. The second-order valence-corrected chi connectivity index (χ2v) is 7.00. The van der Waals surface area contributed by atoms with Crippen molar-refractivity contribution in [1.82, 2.24) is 0 Å². The van der Waals surface area contributed by atoms with Gasteiger partial charge in [0.05, 0.1) is 5.02 Å². The molecule has 0 saturated carbocycles. The van der Waals surface area contributed by atoms with E-state index in [0.717, 1.165) is 16.7 Å². The van der Waals surface area contributed by atoms with Gasteiger partial charge in [0.1, 0.15) is 17.9 Å². The molecule has 0 saturated heterocycles. The first-order valence-corrected chi connectivity index (χ1v) is 9.39. The number of hydrogen-bond donors (Lipinski definition) is 0. The third kappa shape index (κ3) is 3.41. The first kappa shape index (κ1) is 17.6. The van der Waals surface area contributed by atoms with Crippen LogP contribution in [-0.2, 0) is 6.61 Å². The van der Waals surface area contributed by atoms with Gasteiger partial charge in [-0.15, -0.1) is 0 Å². The molecule has 0 radical (unpaired) electrons. The van der Waals surface area contributed by atoms with Crippen LogP contribution in [0.3, 0.4) is 0 Å². The van der Waals surface area contributed by atoms with Crippen LogP contribution in [0, 0.1) is 0 Å². The molecule has 0 N–H and O–H groups in total. The molecule has 0 amide bonds. The molecule has 2 heterocycles. The van der Waals surface area contributed by atoms with Crippen LogP contribution in [0.25, 0.3) is 22.1 Å². The highest BCUT2D eigenvalue weighted by molar-refractivity contribution is 6.34. The maximum Gasteiger partial charge on any atom is 0.336 e. The predicted molar refractivity (Wildman–Crippen MR) is 110 cm³/mol. The summed E-state index contributed by atoms with van der Waals surface area (Å²) in [6.07, 6.45) is 0. The molecule has 1 aliphatic rings. The highest BCUT2D eigenvalue weighted by Gasteiger charge is 2.19. The molecule has 0 atom stereocenters. The van der Waals surface area contributed by atoms with Crippen molar-refractivity contribution in [1.29, 1.82) is 0 Å². The summed E-state index contributed by atoms with van der Waals surface area (Å²) in [6.45, 7) is 0.510. The Morgan fingerprint density at radius 2 is 1.69 bits per heavy atom. The lowest BCUT2D eigenvalue weighted by molar-refractivity contribution is 0.174. The molecule has 1 aliphatic heterocycles. The summed E-state index contributed by atoms with van der Waals surface area (Å²) in [7, 11) is 0. The summed E-state index contributed by atoms with van der Waals surface area (Å²) in [5, 5.41) is 1.24. The van der Waals surface area contributed by atoms with Crippen molar-refractivity contribution in [3.63, 3.8) is 0 Å². The van der Waals surface area contributed by atoms with Gasteiger partial charge in [-0.3, -0.25) is 0 Å². The number of hydrogen-bond acceptors (Lipinski definition) is 5. The van der Waals surface area contributed by atoms with Gasteiger partial charge in [0.15, 0.2) is 11.5 Å². The Bertz CT molecular complexity index is 1260. The predicted octanol–water partition coefficient (Wildman–Crippen LogP) is 5.42. The molecular formula is C23H15ClO5. The Morgan fingerprint density at radius 3 is 2.52 bits per heavy atom. The maximum absolute atomic E-state index is 12.2. The molecule has 0 fully saturated rings. The first-order chi connectivity index (χ1) is 14.2. The van der Waals surface area contributed by atoms with Crippen molar-refractivity contribution in [3.8, 4) is 28.4 Å². The van der Waals surface area contributed by atoms with Gasteiger partial charge in [0.2, 0.25) is 6.79 Å². The van der Waals surface area contributed by atoms with E-state index in [1.807, 2.05) is 48.5 Å². The van der Waals surface area contributed by atoms with Crippen LogP contribution >= 0.6 is 11.6 Å². The molecule has 29 heavy (non-hydrogen) atoms. The summed E-state index contributed by atoms with van der Waals surface area (Å²) in [5.74, 6) is 1.96. The second-order valence-electron chi connectivity index (χ2n) is 6.60. The first-order valence-electron chi connectivity index (χ1n) is 9.01. The van der Waals surface area contributed by atoms with E-state index >= 15 is 0 Å². The Kier molecular flexibility index (Phi) is 4.37.